The van der Waals surface area contributed by atoms with Crippen LogP contribution in [0, 0.1) is 0 Å². The Bertz CT molecular complexity index is 1290. The molecule has 72 heavy (non-hydrogen) atoms. The summed E-state index contributed by atoms with van der Waals surface area (Å²) < 4.78 is 16.9. The first-order chi connectivity index (χ1) is 35.5. The highest BCUT2D eigenvalue weighted by Gasteiger charge is 2.19. The number of ether oxygens (including phenoxy) is 3. The number of rotatable bonds is 57. The van der Waals surface area contributed by atoms with Crippen LogP contribution in [-0.2, 0) is 28.6 Å². The topological polar surface area (TPSA) is 78.9 Å². The van der Waals surface area contributed by atoms with Gasteiger partial charge in [0, 0.05) is 19.3 Å². The molecule has 0 unspecified atom stereocenters. The molecule has 6 heteroatoms. The summed E-state index contributed by atoms with van der Waals surface area (Å²) >= 11 is 0. The quantitative estimate of drug-likeness (QED) is 0.0261. The minimum absolute atomic E-state index is 0.0905. The fourth-order valence-corrected chi connectivity index (χ4v) is 9.02. The van der Waals surface area contributed by atoms with Gasteiger partial charge in [0.05, 0.1) is 0 Å². The van der Waals surface area contributed by atoms with Gasteiger partial charge in [0.25, 0.3) is 0 Å². The van der Waals surface area contributed by atoms with Gasteiger partial charge in [-0.15, -0.1) is 0 Å². The Kier molecular flexibility index (Phi) is 58.2. The molecule has 0 aliphatic carbocycles. The molecule has 0 aromatic carbocycles. The third-order valence-corrected chi connectivity index (χ3v) is 13.7. The molecular weight excluding hydrogens is 889 g/mol. The van der Waals surface area contributed by atoms with Crippen LogP contribution in [0.4, 0.5) is 0 Å². The molecule has 1 atom stereocenters. The van der Waals surface area contributed by atoms with Gasteiger partial charge in [0.2, 0.25) is 0 Å². The van der Waals surface area contributed by atoms with Crippen LogP contribution in [0.25, 0.3) is 0 Å². The van der Waals surface area contributed by atoms with E-state index in [-0.39, 0.29) is 37.5 Å². The van der Waals surface area contributed by atoms with Crippen LogP contribution in [0.5, 0.6) is 0 Å². The summed E-state index contributed by atoms with van der Waals surface area (Å²) in [6, 6.07) is 0. The summed E-state index contributed by atoms with van der Waals surface area (Å²) in [5.41, 5.74) is 0. The SMILES string of the molecule is CCCCC/C=C\C/C=C\C/C=C\C/C=C\CCCC(=O)OC[C@H](COC(=O)CCCCCCCCC/C=C\CCCCCCCCCC)OC(=O)CCCCCCCCCCCCCCCCCCCC. The number of carbonyl (C=O) groups excluding carboxylic acids is 3. The first kappa shape index (κ1) is 69.1. The molecule has 6 nitrogen and oxygen atoms in total. The van der Waals surface area contributed by atoms with Crippen LogP contribution >= 0.6 is 0 Å². The number of hydrogen-bond donors (Lipinski definition) is 0. The van der Waals surface area contributed by atoms with Gasteiger partial charge in [-0.1, -0.05) is 281 Å². The molecule has 0 bridgehead atoms. The van der Waals surface area contributed by atoms with Gasteiger partial charge >= 0.3 is 17.9 Å². The molecule has 0 rings (SSSR count). The van der Waals surface area contributed by atoms with Crippen molar-refractivity contribution in [3.63, 3.8) is 0 Å². The molecule has 0 aliphatic heterocycles. The summed E-state index contributed by atoms with van der Waals surface area (Å²) in [5.74, 6) is -0.935. The summed E-state index contributed by atoms with van der Waals surface area (Å²) in [6.45, 7) is 6.61. The number of esters is 3. The lowest BCUT2D eigenvalue weighted by molar-refractivity contribution is -0.167. The Hall–Kier alpha value is -2.89. The smallest absolute Gasteiger partial charge is 0.306 e. The molecule has 0 radical (unpaired) electrons. The van der Waals surface area contributed by atoms with Gasteiger partial charge in [-0.05, 0) is 83.5 Å². The van der Waals surface area contributed by atoms with Crippen molar-refractivity contribution in [3.8, 4) is 0 Å². The molecule has 0 aromatic heterocycles. The maximum Gasteiger partial charge on any atom is 0.306 e. The van der Waals surface area contributed by atoms with E-state index in [1.54, 1.807) is 0 Å². The van der Waals surface area contributed by atoms with Gasteiger partial charge in [-0.2, -0.15) is 0 Å². The Balaban J connectivity index is 4.42. The molecule has 0 aromatic rings. The second-order valence-corrected chi connectivity index (χ2v) is 21.0. The van der Waals surface area contributed by atoms with Crippen LogP contribution in [0.3, 0.4) is 0 Å². The minimum atomic E-state index is -0.797. The molecular formula is C66H118O6. The lowest BCUT2D eigenvalue weighted by atomic mass is 10.0. The summed E-state index contributed by atoms with van der Waals surface area (Å²) in [7, 11) is 0. The van der Waals surface area contributed by atoms with Crippen LogP contribution in [0.1, 0.15) is 323 Å². The van der Waals surface area contributed by atoms with Crippen molar-refractivity contribution in [2.75, 3.05) is 13.2 Å². The molecule has 0 aliphatic rings. The van der Waals surface area contributed by atoms with Crippen molar-refractivity contribution in [2.45, 2.75) is 329 Å². The molecule has 0 saturated heterocycles. The number of unbranched alkanes of at least 4 members (excludes halogenated alkanes) is 36. The van der Waals surface area contributed by atoms with E-state index in [9.17, 15) is 14.4 Å². The van der Waals surface area contributed by atoms with E-state index < -0.39 is 6.10 Å². The van der Waals surface area contributed by atoms with Gasteiger partial charge in [0.1, 0.15) is 13.2 Å². The lowest BCUT2D eigenvalue weighted by Crippen LogP contribution is -2.30. The Morgan fingerprint density at radius 3 is 0.875 bits per heavy atom. The third-order valence-electron chi connectivity index (χ3n) is 13.7. The molecule has 0 spiro atoms. The van der Waals surface area contributed by atoms with Gasteiger partial charge in [-0.3, -0.25) is 14.4 Å². The molecule has 0 fully saturated rings. The summed E-state index contributed by atoms with van der Waals surface area (Å²) in [4.78, 5) is 38.3. The van der Waals surface area contributed by atoms with Crippen LogP contribution in [0.15, 0.2) is 60.8 Å². The molecule has 0 heterocycles. The van der Waals surface area contributed by atoms with Gasteiger partial charge in [-0.25, -0.2) is 0 Å². The fourth-order valence-electron chi connectivity index (χ4n) is 9.02. The van der Waals surface area contributed by atoms with E-state index in [4.69, 9.17) is 14.2 Å². The second-order valence-electron chi connectivity index (χ2n) is 21.0. The highest BCUT2D eigenvalue weighted by atomic mass is 16.6. The highest BCUT2D eigenvalue weighted by Crippen LogP contribution is 2.17. The largest absolute Gasteiger partial charge is 0.462 e. The average molecular weight is 1010 g/mol. The maximum atomic E-state index is 12.9. The first-order valence-corrected chi connectivity index (χ1v) is 31.3. The zero-order chi connectivity index (χ0) is 52.2. The van der Waals surface area contributed by atoms with E-state index >= 15 is 0 Å². The van der Waals surface area contributed by atoms with Crippen LogP contribution < -0.4 is 0 Å². The zero-order valence-electron chi connectivity index (χ0n) is 47.9. The molecule has 0 amide bonds. The third kappa shape index (κ3) is 58.0. The maximum absolute atomic E-state index is 12.9. The van der Waals surface area contributed by atoms with Crippen molar-refractivity contribution in [1.29, 1.82) is 0 Å². The zero-order valence-corrected chi connectivity index (χ0v) is 47.9. The number of carbonyl (C=O) groups is 3. The van der Waals surface area contributed by atoms with Crippen molar-refractivity contribution < 1.29 is 28.6 Å². The summed E-state index contributed by atoms with van der Waals surface area (Å²) in [6.07, 6.45) is 76.5. The minimum Gasteiger partial charge on any atom is -0.462 e. The predicted molar refractivity (Wildman–Crippen MR) is 312 cm³/mol. The second kappa shape index (κ2) is 60.7. The monoisotopic (exact) mass is 1010 g/mol. The lowest BCUT2D eigenvalue weighted by Gasteiger charge is -2.18. The van der Waals surface area contributed by atoms with Crippen molar-refractivity contribution in [1.82, 2.24) is 0 Å². The van der Waals surface area contributed by atoms with Gasteiger partial charge in [0.15, 0.2) is 6.10 Å². The van der Waals surface area contributed by atoms with Crippen LogP contribution in [0.2, 0.25) is 0 Å². The Morgan fingerprint density at radius 1 is 0.278 bits per heavy atom. The van der Waals surface area contributed by atoms with Crippen LogP contribution in [-0.4, -0.2) is 37.2 Å². The van der Waals surface area contributed by atoms with Crippen molar-refractivity contribution in [3.05, 3.63) is 60.8 Å². The summed E-state index contributed by atoms with van der Waals surface area (Å²) in [5, 5.41) is 0. The standard InChI is InChI=1S/C66H118O6/c1-4-7-10-13-16-19-22-25-28-31-33-36-38-41-44-47-50-53-56-59-65(68)71-62-63(61-70-64(67)58-55-52-49-46-43-40-37-34-30-27-24-21-18-15-12-9-6-3)72-66(69)60-57-54-51-48-45-42-39-35-32-29-26-23-20-17-14-11-8-5-2/h18,21,27,30-31,33,37,40,46,49,63H,4-17,19-20,22-26,28-29,32,34-36,38-39,41-45,47-48,50-62H2,1-3H3/b21-18-,30-27-,33-31-,40-37-,49-46-/t63-/m1/s1. The predicted octanol–water partition coefficient (Wildman–Crippen LogP) is 21.2. The van der Waals surface area contributed by atoms with Crippen molar-refractivity contribution in [2.24, 2.45) is 0 Å². The van der Waals surface area contributed by atoms with E-state index in [0.29, 0.717) is 19.3 Å². The van der Waals surface area contributed by atoms with E-state index in [0.717, 1.165) is 64.2 Å². The molecule has 418 valence electrons. The molecule has 0 saturated carbocycles. The first-order valence-electron chi connectivity index (χ1n) is 31.3. The van der Waals surface area contributed by atoms with Gasteiger partial charge < -0.3 is 14.2 Å². The Morgan fingerprint density at radius 2 is 0.514 bits per heavy atom. The fraction of sp³-hybridized carbons (Fsp3) is 0.803. The normalized spacial score (nSPS) is 12.4. The average Bonchev–Trinajstić information content (AvgIpc) is 3.38. The molecule has 0 N–H and O–H groups in total. The van der Waals surface area contributed by atoms with E-state index in [2.05, 4.69) is 81.5 Å². The van der Waals surface area contributed by atoms with Crippen molar-refractivity contribution >= 4 is 17.9 Å². The van der Waals surface area contributed by atoms with E-state index in [1.807, 2.05) is 0 Å². The highest BCUT2D eigenvalue weighted by molar-refractivity contribution is 5.71. The Labute approximate surface area is 447 Å². The number of hydrogen-bond acceptors (Lipinski definition) is 6. The number of allylic oxidation sites excluding steroid dienone is 10. The van der Waals surface area contributed by atoms with E-state index in [1.165, 1.54) is 212 Å².